The Morgan fingerprint density at radius 3 is 2.86 bits per heavy atom. The van der Waals surface area contributed by atoms with Crippen LogP contribution in [0.25, 0.3) is 0 Å². The van der Waals surface area contributed by atoms with Gasteiger partial charge in [0.05, 0.1) is 12.5 Å². The zero-order valence-corrected chi connectivity index (χ0v) is 13.3. The number of ether oxygens (including phenoxy) is 1. The number of benzene rings is 1. The minimum absolute atomic E-state index is 0.0155. The predicted octanol–water partition coefficient (Wildman–Crippen LogP) is 3.46. The van der Waals surface area contributed by atoms with Crippen LogP contribution in [0.5, 0.6) is 0 Å². The van der Waals surface area contributed by atoms with Gasteiger partial charge in [-0.2, -0.15) is 0 Å². The number of likely N-dealkylation sites (tertiary alicyclic amines) is 1. The van der Waals surface area contributed by atoms with Crippen LogP contribution in [0.1, 0.15) is 44.6 Å². The lowest BCUT2D eigenvalue weighted by Gasteiger charge is -2.32. The first-order chi connectivity index (χ1) is 10.2. The lowest BCUT2D eigenvalue weighted by molar-refractivity contribution is -0.149. The third-order valence-electron chi connectivity index (χ3n) is 4.37. The van der Waals surface area contributed by atoms with E-state index in [4.69, 9.17) is 4.74 Å². The second-order valence-electron chi connectivity index (χ2n) is 5.99. The molecule has 0 unspecified atom stereocenters. The molecule has 0 radical (unpaired) electrons. The first-order valence-corrected chi connectivity index (χ1v) is 8.14. The molecule has 0 aliphatic carbocycles. The number of hydrogen-bond donors (Lipinski definition) is 0. The van der Waals surface area contributed by atoms with Crippen LogP contribution in [0.2, 0.25) is 0 Å². The number of esters is 1. The average molecular weight is 289 g/mol. The van der Waals surface area contributed by atoms with Gasteiger partial charge < -0.3 is 9.64 Å². The Bertz CT molecular complexity index is 432. The fourth-order valence-corrected chi connectivity index (χ4v) is 3.04. The summed E-state index contributed by atoms with van der Waals surface area (Å²) in [4.78, 5) is 14.3. The van der Waals surface area contributed by atoms with Gasteiger partial charge >= 0.3 is 5.97 Å². The molecule has 0 bridgehead atoms. The van der Waals surface area contributed by atoms with Gasteiger partial charge in [0, 0.05) is 6.54 Å². The molecule has 0 N–H and O–H groups in total. The molecule has 2 rings (SSSR count). The normalized spacial score (nSPS) is 21.0. The van der Waals surface area contributed by atoms with E-state index in [0.29, 0.717) is 12.5 Å². The number of rotatable bonds is 6. The van der Waals surface area contributed by atoms with Crippen LogP contribution in [0.3, 0.4) is 0 Å². The molecular weight excluding hydrogens is 262 g/mol. The molecule has 1 saturated heterocycles. The van der Waals surface area contributed by atoms with Gasteiger partial charge in [0.25, 0.3) is 0 Å². The molecule has 1 heterocycles. The Morgan fingerprint density at radius 1 is 1.38 bits per heavy atom. The summed E-state index contributed by atoms with van der Waals surface area (Å²) in [5.41, 5.74) is 1.40. The molecule has 2 atom stereocenters. The highest BCUT2D eigenvalue weighted by Gasteiger charge is 2.26. The Kier molecular flexibility index (Phi) is 6.24. The highest BCUT2D eigenvalue weighted by molar-refractivity contribution is 5.72. The van der Waals surface area contributed by atoms with E-state index in [1.165, 1.54) is 5.56 Å². The van der Waals surface area contributed by atoms with Crippen molar-refractivity contribution >= 4 is 5.97 Å². The van der Waals surface area contributed by atoms with E-state index in [0.717, 1.165) is 38.9 Å². The van der Waals surface area contributed by atoms with Crippen molar-refractivity contribution < 1.29 is 9.53 Å². The molecule has 1 aromatic carbocycles. The molecule has 0 spiro atoms. The summed E-state index contributed by atoms with van der Waals surface area (Å²) >= 11 is 0. The second-order valence-corrected chi connectivity index (χ2v) is 5.99. The largest absolute Gasteiger partial charge is 0.466 e. The van der Waals surface area contributed by atoms with Gasteiger partial charge in [-0.05, 0) is 50.8 Å². The Morgan fingerprint density at radius 2 is 2.14 bits per heavy atom. The van der Waals surface area contributed by atoms with Crippen molar-refractivity contribution in [2.45, 2.75) is 39.0 Å². The van der Waals surface area contributed by atoms with E-state index < -0.39 is 0 Å². The topological polar surface area (TPSA) is 29.5 Å². The summed E-state index contributed by atoms with van der Waals surface area (Å²) in [7, 11) is 0. The van der Waals surface area contributed by atoms with Gasteiger partial charge in [-0.3, -0.25) is 4.79 Å². The molecule has 0 aromatic heterocycles. The molecule has 1 aliphatic rings. The van der Waals surface area contributed by atoms with Gasteiger partial charge in [-0.1, -0.05) is 37.3 Å². The molecule has 116 valence electrons. The summed E-state index contributed by atoms with van der Waals surface area (Å²) in [5, 5.41) is 0. The third-order valence-corrected chi connectivity index (χ3v) is 4.37. The van der Waals surface area contributed by atoms with Crippen LogP contribution in [-0.2, 0) is 9.53 Å². The van der Waals surface area contributed by atoms with Crippen LogP contribution >= 0.6 is 0 Å². The van der Waals surface area contributed by atoms with E-state index in [1.807, 2.05) is 6.92 Å². The number of carbonyl (C=O) groups excluding carboxylic acids is 1. The standard InChI is InChI=1S/C18H27NO2/c1-3-21-18(20)17-10-7-12-19(14-17)13-11-15(2)16-8-5-4-6-9-16/h4-6,8-9,15,17H,3,7,10-14H2,1-2H3/t15-,17+/m1/s1. The first-order valence-electron chi connectivity index (χ1n) is 8.14. The van der Waals surface area contributed by atoms with Crippen molar-refractivity contribution in [2.24, 2.45) is 5.92 Å². The highest BCUT2D eigenvalue weighted by atomic mass is 16.5. The highest BCUT2D eigenvalue weighted by Crippen LogP contribution is 2.22. The van der Waals surface area contributed by atoms with E-state index >= 15 is 0 Å². The summed E-state index contributed by atoms with van der Waals surface area (Å²) in [6, 6.07) is 10.7. The van der Waals surface area contributed by atoms with Crippen LogP contribution in [0.15, 0.2) is 30.3 Å². The smallest absolute Gasteiger partial charge is 0.310 e. The summed E-state index contributed by atoms with van der Waals surface area (Å²) in [6.07, 6.45) is 3.21. The lowest BCUT2D eigenvalue weighted by atomic mass is 9.95. The monoisotopic (exact) mass is 289 g/mol. The fraction of sp³-hybridized carbons (Fsp3) is 0.611. The molecule has 0 amide bonds. The van der Waals surface area contributed by atoms with Crippen LogP contribution in [0, 0.1) is 5.92 Å². The van der Waals surface area contributed by atoms with Gasteiger partial charge in [-0.25, -0.2) is 0 Å². The van der Waals surface area contributed by atoms with Crippen molar-refractivity contribution in [1.29, 1.82) is 0 Å². The van der Waals surface area contributed by atoms with Crippen LogP contribution in [0.4, 0.5) is 0 Å². The van der Waals surface area contributed by atoms with Crippen molar-refractivity contribution in [2.75, 3.05) is 26.2 Å². The minimum atomic E-state index is -0.0155. The van der Waals surface area contributed by atoms with Crippen molar-refractivity contribution in [3.63, 3.8) is 0 Å². The Hall–Kier alpha value is -1.35. The Labute approximate surface area is 128 Å². The predicted molar refractivity (Wildman–Crippen MR) is 85.3 cm³/mol. The SMILES string of the molecule is CCOC(=O)[C@H]1CCCN(CC[C@@H](C)c2ccccc2)C1. The lowest BCUT2D eigenvalue weighted by Crippen LogP contribution is -2.40. The summed E-state index contributed by atoms with van der Waals surface area (Å²) in [5.74, 6) is 0.623. The maximum atomic E-state index is 11.9. The molecule has 3 nitrogen and oxygen atoms in total. The number of hydrogen-bond acceptors (Lipinski definition) is 3. The number of carbonyl (C=O) groups is 1. The van der Waals surface area contributed by atoms with E-state index in [1.54, 1.807) is 0 Å². The van der Waals surface area contributed by atoms with Gasteiger partial charge in [-0.15, -0.1) is 0 Å². The van der Waals surface area contributed by atoms with E-state index in [-0.39, 0.29) is 11.9 Å². The zero-order valence-electron chi connectivity index (χ0n) is 13.3. The molecule has 0 saturated carbocycles. The Balaban J connectivity index is 1.79. The zero-order chi connectivity index (χ0) is 15.1. The molecule has 3 heteroatoms. The second kappa shape index (κ2) is 8.18. The van der Waals surface area contributed by atoms with Crippen LogP contribution < -0.4 is 0 Å². The van der Waals surface area contributed by atoms with Gasteiger partial charge in [0.15, 0.2) is 0 Å². The van der Waals surface area contributed by atoms with Gasteiger partial charge in [0.1, 0.15) is 0 Å². The summed E-state index contributed by atoms with van der Waals surface area (Å²) in [6.45, 7) is 7.67. The number of nitrogens with zero attached hydrogens (tertiary/aromatic N) is 1. The van der Waals surface area contributed by atoms with E-state index in [9.17, 15) is 4.79 Å². The molecular formula is C18H27NO2. The van der Waals surface area contributed by atoms with Crippen molar-refractivity contribution in [3.8, 4) is 0 Å². The van der Waals surface area contributed by atoms with Crippen molar-refractivity contribution in [3.05, 3.63) is 35.9 Å². The first kappa shape index (κ1) is 16.0. The fourth-order valence-electron chi connectivity index (χ4n) is 3.04. The number of piperidine rings is 1. The molecule has 1 aromatic rings. The maximum Gasteiger partial charge on any atom is 0.310 e. The van der Waals surface area contributed by atoms with Crippen LogP contribution in [-0.4, -0.2) is 37.1 Å². The quantitative estimate of drug-likeness (QED) is 0.751. The minimum Gasteiger partial charge on any atom is -0.466 e. The van der Waals surface area contributed by atoms with Crippen molar-refractivity contribution in [1.82, 2.24) is 4.90 Å². The van der Waals surface area contributed by atoms with E-state index in [2.05, 4.69) is 42.2 Å². The average Bonchev–Trinajstić information content (AvgIpc) is 2.54. The molecule has 1 aliphatic heterocycles. The van der Waals surface area contributed by atoms with Gasteiger partial charge in [0.2, 0.25) is 0 Å². The molecule has 21 heavy (non-hydrogen) atoms. The molecule has 1 fully saturated rings. The third kappa shape index (κ3) is 4.85. The maximum absolute atomic E-state index is 11.9. The summed E-state index contributed by atoms with van der Waals surface area (Å²) < 4.78 is 5.16.